The Balaban J connectivity index is 2.44. The van der Waals surface area contributed by atoms with Crippen molar-refractivity contribution in [3.05, 3.63) is 12.8 Å². The minimum atomic E-state index is 0.171. The van der Waals surface area contributed by atoms with Gasteiger partial charge >= 0.3 is 0 Å². The summed E-state index contributed by atoms with van der Waals surface area (Å²) in [4.78, 5) is 11.5. The van der Waals surface area contributed by atoms with Crippen LogP contribution in [0.25, 0.3) is 0 Å². The largest absolute Gasteiger partial charge is 0.309 e. The van der Waals surface area contributed by atoms with Crippen molar-refractivity contribution in [3.8, 4) is 0 Å². The topological polar surface area (TPSA) is 20.1 Å². The van der Waals surface area contributed by atoms with Gasteiger partial charge in [0.15, 0.2) is 0 Å². The number of hydrogen-bond acceptors (Lipinski definition) is 1. The van der Waals surface area contributed by atoms with Crippen molar-refractivity contribution in [2.24, 2.45) is 0 Å². The Bertz CT molecular complexity index is 97.7. The van der Waals surface area contributed by atoms with Crippen molar-refractivity contribution in [2.75, 3.05) is 6.54 Å². The fourth-order valence-corrected chi connectivity index (χ4v) is 0.277. The lowest BCUT2D eigenvalue weighted by atomic mass is 11.0. The molecule has 6 heavy (non-hydrogen) atoms. The van der Waals surface area contributed by atoms with Crippen molar-refractivity contribution in [1.82, 2.24) is 4.90 Å². The molecular weight excluding hydrogens is 78.0 g/mol. The molecule has 2 heteroatoms. The first-order valence-corrected chi connectivity index (χ1v) is 1.76. The van der Waals surface area contributed by atoms with Crippen LogP contribution in [0.15, 0.2) is 12.8 Å². The van der Waals surface area contributed by atoms with E-state index in [-0.39, 0.29) is 5.91 Å². The van der Waals surface area contributed by atoms with Gasteiger partial charge in [-0.15, -0.1) is 0 Å². The van der Waals surface area contributed by atoms with Gasteiger partial charge in [-0.3, -0.25) is 4.79 Å². The summed E-state index contributed by atoms with van der Waals surface area (Å²) in [6.07, 6.45) is 1.53. The molecule has 1 saturated heterocycles. The first kappa shape index (κ1) is 3.40. The van der Waals surface area contributed by atoms with E-state index < -0.39 is 0 Å². The van der Waals surface area contributed by atoms with Crippen molar-refractivity contribution >= 4 is 5.91 Å². The van der Waals surface area contributed by atoms with E-state index in [1.807, 2.05) is 0 Å². The molecule has 0 aromatic carbocycles. The van der Waals surface area contributed by atoms with Gasteiger partial charge in [0, 0.05) is 6.20 Å². The molecule has 2 nitrogen and oxygen atoms in total. The Hall–Kier alpha value is -0.790. The Morgan fingerprint density at radius 2 is 2.50 bits per heavy atom. The summed E-state index contributed by atoms with van der Waals surface area (Å²) in [5, 5.41) is 0. The molecule has 0 aliphatic carbocycles. The van der Waals surface area contributed by atoms with Crippen LogP contribution in [0.1, 0.15) is 0 Å². The molecule has 0 N–H and O–H groups in total. The first-order chi connectivity index (χ1) is 2.84. The second-order valence-electron chi connectivity index (χ2n) is 1.20. The van der Waals surface area contributed by atoms with Crippen LogP contribution in [-0.2, 0) is 4.79 Å². The maximum absolute atomic E-state index is 9.97. The fourth-order valence-electron chi connectivity index (χ4n) is 0.277. The standard InChI is InChI=1S/C4H5NO/c1-2-5-3-4(5)6/h2H,1,3H2. The highest BCUT2D eigenvalue weighted by Crippen LogP contribution is 2.03. The van der Waals surface area contributed by atoms with E-state index in [1.54, 1.807) is 4.90 Å². The lowest BCUT2D eigenvalue weighted by molar-refractivity contribution is -0.112. The maximum atomic E-state index is 9.97. The summed E-state index contributed by atoms with van der Waals surface area (Å²) < 4.78 is 0. The lowest BCUT2D eigenvalue weighted by Gasteiger charge is -1.74. The molecule has 0 aromatic heterocycles. The summed E-state index contributed by atoms with van der Waals surface area (Å²) in [5.41, 5.74) is 0. The molecule has 0 atom stereocenters. The van der Waals surface area contributed by atoms with Gasteiger partial charge in [0.05, 0.1) is 0 Å². The maximum Gasteiger partial charge on any atom is 0.247 e. The average molecular weight is 83.1 g/mol. The molecule has 1 fully saturated rings. The van der Waals surface area contributed by atoms with Crippen molar-refractivity contribution in [3.63, 3.8) is 0 Å². The van der Waals surface area contributed by atoms with Gasteiger partial charge in [-0.05, 0) is 0 Å². The van der Waals surface area contributed by atoms with Gasteiger partial charge in [-0.1, -0.05) is 6.58 Å². The Morgan fingerprint density at radius 3 is 2.50 bits per heavy atom. The zero-order valence-corrected chi connectivity index (χ0v) is 3.35. The van der Waals surface area contributed by atoms with Gasteiger partial charge in [0.25, 0.3) is 0 Å². The second-order valence-corrected chi connectivity index (χ2v) is 1.20. The quantitative estimate of drug-likeness (QED) is 0.408. The molecule has 0 saturated carbocycles. The Labute approximate surface area is 36.1 Å². The average Bonchev–Trinajstić information content (AvgIpc) is 2.19. The summed E-state index contributed by atoms with van der Waals surface area (Å²) in [6, 6.07) is 0. The molecule has 0 aromatic rings. The molecule has 1 amide bonds. The summed E-state index contributed by atoms with van der Waals surface area (Å²) in [6.45, 7) is 3.95. The smallest absolute Gasteiger partial charge is 0.247 e. The molecule has 1 aliphatic heterocycles. The Kier molecular flexibility index (Phi) is 0.473. The normalized spacial score (nSPS) is 18.0. The highest BCUT2D eigenvalue weighted by Gasteiger charge is 2.25. The van der Waals surface area contributed by atoms with E-state index in [1.165, 1.54) is 6.20 Å². The number of carbonyl (C=O) groups is 1. The van der Waals surface area contributed by atoms with Crippen LogP contribution in [0.2, 0.25) is 0 Å². The third-order valence-corrected chi connectivity index (χ3v) is 0.743. The molecule has 1 heterocycles. The van der Waals surface area contributed by atoms with E-state index >= 15 is 0 Å². The molecule has 0 spiro atoms. The zero-order valence-electron chi connectivity index (χ0n) is 3.35. The van der Waals surface area contributed by atoms with E-state index in [0.29, 0.717) is 6.54 Å². The van der Waals surface area contributed by atoms with Gasteiger partial charge in [0.2, 0.25) is 5.91 Å². The monoisotopic (exact) mass is 83.0 g/mol. The van der Waals surface area contributed by atoms with Crippen molar-refractivity contribution in [1.29, 1.82) is 0 Å². The fraction of sp³-hybridized carbons (Fsp3) is 0.250. The van der Waals surface area contributed by atoms with E-state index in [2.05, 4.69) is 6.58 Å². The van der Waals surface area contributed by atoms with Crippen LogP contribution in [0.4, 0.5) is 0 Å². The number of carbonyl (C=O) groups excluding carboxylic acids is 1. The van der Waals surface area contributed by atoms with Crippen LogP contribution < -0.4 is 0 Å². The summed E-state index contributed by atoms with van der Waals surface area (Å²) in [7, 11) is 0. The SMILES string of the molecule is C=CN1CC1=O. The second kappa shape index (κ2) is 0.834. The van der Waals surface area contributed by atoms with Crippen LogP contribution in [-0.4, -0.2) is 17.4 Å². The van der Waals surface area contributed by atoms with E-state index in [4.69, 9.17) is 0 Å². The van der Waals surface area contributed by atoms with Crippen molar-refractivity contribution in [2.45, 2.75) is 0 Å². The molecule has 0 unspecified atom stereocenters. The third kappa shape index (κ3) is 0.302. The van der Waals surface area contributed by atoms with Crippen molar-refractivity contribution < 1.29 is 4.79 Å². The predicted octanol–water partition coefficient (Wildman–Crippen LogP) is -0.0279. The summed E-state index contributed by atoms with van der Waals surface area (Å²) >= 11 is 0. The number of hydrogen-bond donors (Lipinski definition) is 0. The van der Waals surface area contributed by atoms with Crippen LogP contribution in [0.3, 0.4) is 0 Å². The summed E-state index contributed by atoms with van der Waals surface area (Å²) in [5.74, 6) is 0.171. The van der Waals surface area contributed by atoms with Gasteiger partial charge in [0.1, 0.15) is 6.54 Å². The molecule has 0 bridgehead atoms. The van der Waals surface area contributed by atoms with Gasteiger partial charge in [-0.2, -0.15) is 0 Å². The third-order valence-electron chi connectivity index (χ3n) is 0.743. The lowest BCUT2D eigenvalue weighted by Crippen LogP contribution is -1.78. The number of amides is 1. The molecule has 1 aliphatic rings. The highest BCUT2D eigenvalue weighted by atomic mass is 16.2. The minimum Gasteiger partial charge on any atom is -0.309 e. The van der Waals surface area contributed by atoms with Crippen LogP contribution in [0, 0.1) is 0 Å². The molecular formula is C4H5NO. The van der Waals surface area contributed by atoms with Crippen LogP contribution >= 0.6 is 0 Å². The zero-order chi connectivity index (χ0) is 4.57. The number of nitrogens with zero attached hydrogens (tertiary/aromatic N) is 1. The first-order valence-electron chi connectivity index (χ1n) is 1.76. The van der Waals surface area contributed by atoms with Crippen LogP contribution in [0.5, 0.6) is 0 Å². The number of rotatable bonds is 1. The van der Waals surface area contributed by atoms with E-state index in [9.17, 15) is 4.79 Å². The minimum absolute atomic E-state index is 0.171. The molecule has 1 rings (SSSR count). The van der Waals surface area contributed by atoms with Gasteiger partial charge in [-0.25, -0.2) is 0 Å². The van der Waals surface area contributed by atoms with Gasteiger partial charge < -0.3 is 4.90 Å². The molecule has 0 radical (unpaired) electrons. The Morgan fingerprint density at radius 1 is 2.00 bits per heavy atom. The molecule has 32 valence electrons. The van der Waals surface area contributed by atoms with E-state index in [0.717, 1.165) is 0 Å². The predicted molar refractivity (Wildman–Crippen MR) is 21.9 cm³/mol. The highest BCUT2D eigenvalue weighted by molar-refractivity contribution is 5.93.